The van der Waals surface area contributed by atoms with Gasteiger partial charge in [0.15, 0.2) is 0 Å². The molecule has 0 aromatic rings. The fourth-order valence-electron chi connectivity index (χ4n) is 4.73. The van der Waals surface area contributed by atoms with E-state index >= 15 is 0 Å². The summed E-state index contributed by atoms with van der Waals surface area (Å²) in [6, 6.07) is 0.871. The van der Waals surface area contributed by atoms with Gasteiger partial charge in [-0.2, -0.15) is 0 Å². The largest absolute Gasteiger partial charge is 0.353 e. The fourth-order valence-corrected chi connectivity index (χ4v) is 4.73. The zero-order valence-electron chi connectivity index (χ0n) is 12.3. The SMILES string of the molecule is CC(NC(=O)[C@H]1CCN[C@@H](C)C1)C1CC2CCC1C2. The predicted octanol–water partition coefficient (Wildman–Crippen LogP) is 2.32. The third-order valence-electron chi connectivity index (χ3n) is 5.80. The van der Waals surface area contributed by atoms with Crippen LogP contribution >= 0.6 is 0 Å². The molecule has 2 N–H and O–H groups in total. The Labute approximate surface area is 116 Å². The van der Waals surface area contributed by atoms with Crippen molar-refractivity contribution < 1.29 is 4.79 Å². The summed E-state index contributed by atoms with van der Waals surface area (Å²) in [5.41, 5.74) is 0. The highest BCUT2D eigenvalue weighted by Crippen LogP contribution is 2.49. The van der Waals surface area contributed by atoms with Gasteiger partial charge in [-0.3, -0.25) is 4.79 Å². The minimum Gasteiger partial charge on any atom is -0.353 e. The third-order valence-corrected chi connectivity index (χ3v) is 5.80. The van der Waals surface area contributed by atoms with Gasteiger partial charge in [-0.25, -0.2) is 0 Å². The number of carbonyl (C=O) groups is 1. The number of rotatable bonds is 3. The molecule has 0 aromatic carbocycles. The molecule has 4 unspecified atom stereocenters. The van der Waals surface area contributed by atoms with E-state index in [-0.39, 0.29) is 5.92 Å². The van der Waals surface area contributed by atoms with Crippen molar-refractivity contribution in [2.24, 2.45) is 23.7 Å². The Bertz CT molecular complexity index is 344. The van der Waals surface area contributed by atoms with Crippen LogP contribution in [0.25, 0.3) is 0 Å². The topological polar surface area (TPSA) is 41.1 Å². The van der Waals surface area contributed by atoms with Gasteiger partial charge in [-0.15, -0.1) is 0 Å². The molecular weight excluding hydrogens is 236 g/mol. The van der Waals surface area contributed by atoms with Crippen LogP contribution in [-0.4, -0.2) is 24.5 Å². The molecule has 2 saturated carbocycles. The smallest absolute Gasteiger partial charge is 0.223 e. The standard InChI is InChI=1S/C16H28N2O/c1-10-7-14(5-6-17-10)16(19)18-11(2)15-9-12-3-4-13(15)8-12/h10-15,17H,3-9H2,1-2H3,(H,18,19)/t10-,11?,12?,13?,14-,15?/m0/s1. The van der Waals surface area contributed by atoms with Gasteiger partial charge in [-0.05, 0) is 70.3 Å². The molecule has 3 fully saturated rings. The molecule has 1 saturated heterocycles. The third kappa shape index (κ3) is 2.81. The first-order valence-corrected chi connectivity index (χ1v) is 8.17. The minimum absolute atomic E-state index is 0.234. The highest BCUT2D eigenvalue weighted by atomic mass is 16.1. The number of nitrogens with one attached hydrogen (secondary N) is 2. The van der Waals surface area contributed by atoms with Crippen molar-refractivity contribution >= 4 is 5.91 Å². The van der Waals surface area contributed by atoms with Crippen LogP contribution in [0.2, 0.25) is 0 Å². The maximum atomic E-state index is 12.4. The van der Waals surface area contributed by atoms with Crippen LogP contribution in [0, 0.1) is 23.7 Å². The van der Waals surface area contributed by atoms with Crippen molar-refractivity contribution in [1.82, 2.24) is 10.6 Å². The van der Waals surface area contributed by atoms with Gasteiger partial charge in [0.05, 0.1) is 0 Å². The summed E-state index contributed by atoms with van der Waals surface area (Å²) in [5.74, 6) is 3.16. The molecule has 1 heterocycles. The summed E-state index contributed by atoms with van der Waals surface area (Å²) < 4.78 is 0. The van der Waals surface area contributed by atoms with Gasteiger partial charge >= 0.3 is 0 Å². The quantitative estimate of drug-likeness (QED) is 0.821. The monoisotopic (exact) mass is 264 g/mol. The molecule has 3 aliphatic rings. The van der Waals surface area contributed by atoms with Crippen molar-refractivity contribution in [2.45, 2.75) is 64.5 Å². The van der Waals surface area contributed by atoms with Crippen LogP contribution < -0.4 is 10.6 Å². The summed E-state index contributed by atoms with van der Waals surface area (Å²) in [6.45, 7) is 5.40. The average molecular weight is 264 g/mol. The maximum Gasteiger partial charge on any atom is 0.223 e. The van der Waals surface area contributed by atoms with E-state index in [1.165, 1.54) is 25.7 Å². The number of carbonyl (C=O) groups excluding carboxylic acids is 1. The number of piperidine rings is 1. The van der Waals surface area contributed by atoms with Crippen molar-refractivity contribution in [2.75, 3.05) is 6.54 Å². The lowest BCUT2D eigenvalue weighted by molar-refractivity contribution is -0.127. The average Bonchev–Trinajstić information content (AvgIpc) is 3.00. The van der Waals surface area contributed by atoms with Crippen LogP contribution in [0.5, 0.6) is 0 Å². The summed E-state index contributed by atoms with van der Waals surface area (Å²) >= 11 is 0. The second-order valence-corrected chi connectivity index (χ2v) is 7.21. The molecule has 2 bridgehead atoms. The lowest BCUT2D eigenvalue weighted by atomic mass is 9.83. The fraction of sp³-hybridized carbons (Fsp3) is 0.938. The molecule has 1 amide bonds. The molecule has 108 valence electrons. The highest BCUT2D eigenvalue weighted by molar-refractivity contribution is 5.79. The zero-order chi connectivity index (χ0) is 13.4. The molecule has 3 nitrogen and oxygen atoms in total. The molecule has 3 rings (SSSR count). The summed E-state index contributed by atoms with van der Waals surface area (Å²) in [4.78, 5) is 12.4. The van der Waals surface area contributed by atoms with Crippen molar-refractivity contribution in [1.29, 1.82) is 0 Å². The Hall–Kier alpha value is -0.570. The van der Waals surface area contributed by atoms with E-state index in [4.69, 9.17) is 0 Å². The zero-order valence-corrected chi connectivity index (χ0v) is 12.3. The van der Waals surface area contributed by atoms with Gasteiger partial charge in [0, 0.05) is 18.0 Å². The normalized spacial score (nSPS) is 43.2. The number of hydrogen-bond acceptors (Lipinski definition) is 2. The van der Waals surface area contributed by atoms with Crippen LogP contribution in [0.3, 0.4) is 0 Å². The lowest BCUT2D eigenvalue weighted by Crippen LogP contribution is -2.47. The van der Waals surface area contributed by atoms with Crippen molar-refractivity contribution in [3.8, 4) is 0 Å². The Morgan fingerprint density at radius 1 is 1.21 bits per heavy atom. The second-order valence-electron chi connectivity index (χ2n) is 7.21. The van der Waals surface area contributed by atoms with Gasteiger partial charge in [-0.1, -0.05) is 6.42 Å². The van der Waals surface area contributed by atoms with Crippen LogP contribution in [0.4, 0.5) is 0 Å². The number of hydrogen-bond donors (Lipinski definition) is 2. The van der Waals surface area contributed by atoms with Crippen LogP contribution in [0.1, 0.15) is 52.4 Å². The maximum absolute atomic E-state index is 12.4. The first-order chi connectivity index (χ1) is 9.13. The van der Waals surface area contributed by atoms with Crippen molar-refractivity contribution in [3.63, 3.8) is 0 Å². The van der Waals surface area contributed by atoms with Crippen LogP contribution in [-0.2, 0) is 4.79 Å². The Balaban J connectivity index is 1.51. The lowest BCUT2D eigenvalue weighted by Gasteiger charge is -2.32. The second kappa shape index (κ2) is 5.43. The predicted molar refractivity (Wildman–Crippen MR) is 76.7 cm³/mol. The summed E-state index contributed by atoms with van der Waals surface area (Å²) in [7, 11) is 0. The van der Waals surface area contributed by atoms with Gasteiger partial charge in [0.2, 0.25) is 5.91 Å². The van der Waals surface area contributed by atoms with Crippen molar-refractivity contribution in [3.05, 3.63) is 0 Å². The van der Waals surface area contributed by atoms with E-state index in [1.807, 2.05) is 0 Å². The molecule has 2 aliphatic carbocycles. The Morgan fingerprint density at radius 3 is 2.68 bits per heavy atom. The minimum atomic E-state index is 0.234. The van der Waals surface area contributed by atoms with Crippen LogP contribution in [0.15, 0.2) is 0 Å². The Kier molecular flexibility index (Phi) is 3.84. The number of fused-ring (bicyclic) bond motifs is 2. The molecule has 0 spiro atoms. The molecule has 6 atom stereocenters. The van der Waals surface area contributed by atoms with Gasteiger partial charge in [0.25, 0.3) is 0 Å². The van der Waals surface area contributed by atoms with E-state index in [9.17, 15) is 4.79 Å². The Morgan fingerprint density at radius 2 is 2.05 bits per heavy atom. The van der Waals surface area contributed by atoms with E-state index < -0.39 is 0 Å². The molecule has 0 aromatic heterocycles. The van der Waals surface area contributed by atoms with Gasteiger partial charge in [0.1, 0.15) is 0 Å². The van der Waals surface area contributed by atoms with E-state index in [0.717, 1.165) is 37.1 Å². The first kappa shape index (κ1) is 13.4. The molecule has 3 heteroatoms. The molecular formula is C16H28N2O. The molecule has 19 heavy (non-hydrogen) atoms. The first-order valence-electron chi connectivity index (χ1n) is 8.17. The molecule has 1 aliphatic heterocycles. The van der Waals surface area contributed by atoms with E-state index in [1.54, 1.807) is 0 Å². The van der Waals surface area contributed by atoms with E-state index in [0.29, 0.717) is 18.0 Å². The van der Waals surface area contributed by atoms with E-state index in [2.05, 4.69) is 24.5 Å². The highest BCUT2D eigenvalue weighted by Gasteiger charge is 2.42. The summed E-state index contributed by atoms with van der Waals surface area (Å²) in [5, 5.41) is 6.75. The number of amides is 1. The summed E-state index contributed by atoms with van der Waals surface area (Å²) in [6.07, 6.45) is 7.62. The van der Waals surface area contributed by atoms with Gasteiger partial charge < -0.3 is 10.6 Å². The molecule has 0 radical (unpaired) electrons.